The molecule has 16 heavy (non-hydrogen) atoms. The van der Waals surface area contributed by atoms with E-state index in [2.05, 4.69) is 4.72 Å². The molecule has 5 nitrogen and oxygen atoms in total. The number of hydrogen-bond donors (Lipinski definition) is 3. The van der Waals surface area contributed by atoms with Crippen molar-refractivity contribution in [1.29, 1.82) is 0 Å². The third-order valence-electron chi connectivity index (χ3n) is 1.94. The van der Waals surface area contributed by atoms with Gasteiger partial charge in [0.15, 0.2) is 0 Å². The van der Waals surface area contributed by atoms with Crippen molar-refractivity contribution in [3.8, 4) is 0 Å². The van der Waals surface area contributed by atoms with E-state index in [0.29, 0.717) is 11.3 Å². The molecule has 1 aromatic rings. The van der Waals surface area contributed by atoms with Crippen molar-refractivity contribution < 1.29 is 13.5 Å². The van der Waals surface area contributed by atoms with Crippen LogP contribution in [0.2, 0.25) is 0 Å². The van der Waals surface area contributed by atoms with E-state index in [9.17, 15) is 8.42 Å². The van der Waals surface area contributed by atoms with Gasteiger partial charge in [0.05, 0.1) is 11.9 Å². The quantitative estimate of drug-likeness (QED) is 0.639. The third kappa shape index (κ3) is 4.61. The Labute approximate surface area is 95.3 Å². The van der Waals surface area contributed by atoms with Crippen molar-refractivity contribution in [2.45, 2.75) is 18.8 Å². The zero-order chi connectivity index (χ0) is 12.2. The van der Waals surface area contributed by atoms with E-state index in [1.165, 1.54) is 6.92 Å². The number of hydrogen-bond acceptors (Lipinski definition) is 4. The second kappa shape index (κ2) is 5.29. The largest absolute Gasteiger partial charge is 0.399 e. The van der Waals surface area contributed by atoms with Crippen LogP contribution in [0, 0.1) is 0 Å². The molecule has 0 spiro atoms. The van der Waals surface area contributed by atoms with E-state index >= 15 is 0 Å². The SMILES string of the molecule is C[C@@H](O)CNS(=O)(=O)Cc1ccc(N)cc1. The molecule has 4 N–H and O–H groups in total. The highest BCUT2D eigenvalue weighted by atomic mass is 32.2. The molecule has 1 atom stereocenters. The molecule has 90 valence electrons. The Hall–Kier alpha value is -1.11. The average molecular weight is 244 g/mol. The highest BCUT2D eigenvalue weighted by Gasteiger charge is 2.11. The van der Waals surface area contributed by atoms with Crippen molar-refractivity contribution in [3.63, 3.8) is 0 Å². The van der Waals surface area contributed by atoms with Crippen molar-refractivity contribution >= 4 is 15.7 Å². The standard InChI is InChI=1S/C10H16N2O3S/c1-8(13)6-12-16(14,15)7-9-2-4-10(11)5-3-9/h2-5,8,12-13H,6-7,11H2,1H3/t8-/m1/s1. The minimum atomic E-state index is -3.39. The number of sulfonamides is 1. The molecule has 0 aliphatic heterocycles. The summed E-state index contributed by atoms with van der Waals surface area (Å²) >= 11 is 0. The minimum Gasteiger partial charge on any atom is -0.399 e. The van der Waals surface area contributed by atoms with Gasteiger partial charge in [0.1, 0.15) is 0 Å². The van der Waals surface area contributed by atoms with Crippen LogP contribution in [0.1, 0.15) is 12.5 Å². The maximum atomic E-state index is 11.5. The molecule has 6 heteroatoms. The van der Waals surface area contributed by atoms with Crippen LogP contribution in [0.3, 0.4) is 0 Å². The molecular weight excluding hydrogens is 228 g/mol. The maximum Gasteiger partial charge on any atom is 0.215 e. The zero-order valence-corrected chi connectivity index (χ0v) is 9.87. The fraction of sp³-hybridized carbons (Fsp3) is 0.400. The van der Waals surface area contributed by atoms with E-state index < -0.39 is 16.1 Å². The van der Waals surface area contributed by atoms with Gasteiger partial charge < -0.3 is 10.8 Å². The van der Waals surface area contributed by atoms with Crippen molar-refractivity contribution in [1.82, 2.24) is 4.72 Å². The van der Waals surface area contributed by atoms with Gasteiger partial charge in [0.2, 0.25) is 10.0 Å². The van der Waals surface area contributed by atoms with Gasteiger partial charge in [-0.25, -0.2) is 13.1 Å². The van der Waals surface area contributed by atoms with Crippen LogP contribution >= 0.6 is 0 Å². The number of nitrogen functional groups attached to an aromatic ring is 1. The van der Waals surface area contributed by atoms with E-state index in [1.54, 1.807) is 24.3 Å². The molecule has 0 radical (unpaired) electrons. The minimum absolute atomic E-state index is 0.0251. The second-order valence-corrected chi connectivity index (χ2v) is 5.50. The summed E-state index contributed by atoms with van der Waals surface area (Å²) in [5.41, 5.74) is 6.75. The molecule has 0 aliphatic carbocycles. The molecule has 0 unspecified atom stereocenters. The summed E-state index contributed by atoms with van der Waals surface area (Å²) in [4.78, 5) is 0. The fourth-order valence-corrected chi connectivity index (χ4v) is 2.36. The number of nitrogens with one attached hydrogen (secondary N) is 1. The molecule has 0 amide bonds. The highest BCUT2D eigenvalue weighted by molar-refractivity contribution is 7.88. The van der Waals surface area contributed by atoms with Gasteiger partial charge in [-0.3, -0.25) is 0 Å². The Bertz CT molecular complexity index is 426. The lowest BCUT2D eigenvalue weighted by molar-refractivity contribution is 0.198. The molecule has 0 fully saturated rings. The molecule has 0 aromatic heterocycles. The first-order valence-electron chi connectivity index (χ1n) is 4.89. The maximum absolute atomic E-state index is 11.5. The topological polar surface area (TPSA) is 92.4 Å². The number of aliphatic hydroxyl groups excluding tert-OH is 1. The van der Waals surface area contributed by atoms with E-state index in [0.717, 1.165) is 0 Å². The van der Waals surface area contributed by atoms with E-state index in [1.807, 2.05) is 0 Å². The molecule has 0 saturated heterocycles. The number of benzene rings is 1. The molecule has 1 rings (SSSR count). The Balaban J connectivity index is 2.62. The predicted octanol–water partition coefficient (Wildman–Crippen LogP) is 0.0690. The number of nitrogens with two attached hydrogens (primary N) is 1. The summed E-state index contributed by atoms with van der Waals surface area (Å²) in [6, 6.07) is 6.63. The summed E-state index contributed by atoms with van der Waals surface area (Å²) in [6.45, 7) is 1.54. The first kappa shape index (κ1) is 13.0. The van der Waals surface area contributed by atoms with Crippen LogP contribution in [-0.4, -0.2) is 26.2 Å². The first-order chi connectivity index (χ1) is 7.39. The fourth-order valence-electron chi connectivity index (χ4n) is 1.13. The lowest BCUT2D eigenvalue weighted by Gasteiger charge is -2.08. The lowest BCUT2D eigenvalue weighted by atomic mass is 10.2. The second-order valence-electron chi connectivity index (χ2n) is 3.70. The van der Waals surface area contributed by atoms with Crippen LogP contribution in [0.15, 0.2) is 24.3 Å². The summed E-state index contributed by atoms with van der Waals surface area (Å²) in [7, 11) is -3.39. The van der Waals surface area contributed by atoms with Crippen LogP contribution in [0.5, 0.6) is 0 Å². The van der Waals surface area contributed by atoms with Crippen molar-refractivity contribution in [2.75, 3.05) is 12.3 Å². The Kier molecular flexibility index (Phi) is 4.28. The number of rotatable bonds is 5. The first-order valence-corrected chi connectivity index (χ1v) is 6.54. The molecular formula is C10H16N2O3S. The monoisotopic (exact) mass is 244 g/mol. The van der Waals surface area contributed by atoms with E-state index in [-0.39, 0.29) is 12.3 Å². The zero-order valence-electron chi connectivity index (χ0n) is 9.05. The highest BCUT2D eigenvalue weighted by Crippen LogP contribution is 2.08. The molecule has 0 aliphatic rings. The normalized spacial score (nSPS) is 13.6. The van der Waals surface area contributed by atoms with Crippen molar-refractivity contribution in [3.05, 3.63) is 29.8 Å². The van der Waals surface area contributed by atoms with E-state index in [4.69, 9.17) is 10.8 Å². The number of anilines is 1. The van der Waals surface area contributed by atoms with Gasteiger partial charge in [-0.05, 0) is 24.6 Å². The summed E-state index contributed by atoms with van der Waals surface area (Å²) in [6.07, 6.45) is -0.693. The van der Waals surface area contributed by atoms with Gasteiger partial charge in [-0.15, -0.1) is 0 Å². The summed E-state index contributed by atoms with van der Waals surface area (Å²) in [5, 5.41) is 8.97. The number of aliphatic hydroxyl groups is 1. The molecule has 0 bridgehead atoms. The molecule has 0 heterocycles. The Morgan fingerprint density at radius 3 is 2.44 bits per heavy atom. The Morgan fingerprint density at radius 2 is 1.94 bits per heavy atom. The van der Waals surface area contributed by atoms with Gasteiger partial charge in [0, 0.05) is 12.2 Å². The van der Waals surface area contributed by atoms with Crippen LogP contribution in [-0.2, 0) is 15.8 Å². The van der Waals surface area contributed by atoms with Crippen molar-refractivity contribution in [2.24, 2.45) is 0 Å². The third-order valence-corrected chi connectivity index (χ3v) is 3.25. The summed E-state index contributed by atoms with van der Waals surface area (Å²) < 4.78 is 25.4. The lowest BCUT2D eigenvalue weighted by Crippen LogP contribution is -2.31. The van der Waals surface area contributed by atoms with Gasteiger partial charge in [-0.2, -0.15) is 0 Å². The molecule has 1 aromatic carbocycles. The average Bonchev–Trinajstić information content (AvgIpc) is 2.19. The van der Waals surface area contributed by atoms with Gasteiger partial charge >= 0.3 is 0 Å². The van der Waals surface area contributed by atoms with Crippen LogP contribution in [0.4, 0.5) is 5.69 Å². The summed E-state index contributed by atoms with van der Waals surface area (Å²) in [5.74, 6) is -0.111. The predicted molar refractivity (Wildman–Crippen MR) is 63.2 cm³/mol. The van der Waals surface area contributed by atoms with Crippen LogP contribution < -0.4 is 10.5 Å². The van der Waals surface area contributed by atoms with Gasteiger partial charge in [0.25, 0.3) is 0 Å². The smallest absolute Gasteiger partial charge is 0.215 e. The Morgan fingerprint density at radius 1 is 1.38 bits per heavy atom. The van der Waals surface area contributed by atoms with Crippen LogP contribution in [0.25, 0.3) is 0 Å². The van der Waals surface area contributed by atoms with Gasteiger partial charge in [-0.1, -0.05) is 12.1 Å². The molecule has 0 saturated carbocycles.